The van der Waals surface area contributed by atoms with Crippen LogP contribution in [0, 0.1) is 13.8 Å². The lowest BCUT2D eigenvalue weighted by atomic mass is 10.3. The van der Waals surface area contributed by atoms with Gasteiger partial charge in [-0.2, -0.15) is 5.10 Å². The van der Waals surface area contributed by atoms with E-state index >= 15 is 0 Å². The molecule has 120 valence electrons. The maximum Gasteiger partial charge on any atom is 0.266 e. The van der Waals surface area contributed by atoms with E-state index in [1.165, 1.54) is 0 Å². The van der Waals surface area contributed by atoms with E-state index in [1.807, 2.05) is 6.92 Å². The number of ether oxygens (including phenoxy) is 1. The van der Waals surface area contributed by atoms with E-state index in [9.17, 15) is 13.2 Å². The summed E-state index contributed by atoms with van der Waals surface area (Å²) >= 11 is 0. The molecular formula is C13H23N3O4S. The number of sulfonamides is 1. The lowest BCUT2D eigenvalue weighted by Gasteiger charge is -2.20. The van der Waals surface area contributed by atoms with E-state index in [0.29, 0.717) is 23.7 Å². The van der Waals surface area contributed by atoms with Gasteiger partial charge in [-0.25, -0.2) is 12.7 Å². The summed E-state index contributed by atoms with van der Waals surface area (Å²) in [6.07, 6.45) is 2.78. The third kappa shape index (κ3) is 4.28. The molecule has 1 heterocycles. The van der Waals surface area contributed by atoms with Crippen molar-refractivity contribution in [3.63, 3.8) is 0 Å². The SMILES string of the molecule is CCCCOCC(=O)N(c1c(C)nn(C)c1C)S(C)(=O)=O. The van der Waals surface area contributed by atoms with Crippen molar-refractivity contribution in [2.45, 2.75) is 33.6 Å². The van der Waals surface area contributed by atoms with Gasteiger partial charge < -0.3 is 4.74 Å². The van der Waals surface area contributed by atoms with E-state index < -0.39 is 15.9 Å². The summed E-state index contributed by atoms with van der Waals surface area (Å²) in [5, 5.41) is 4.15. The van der Waals surface area contributed by atoms with Crippen LogP contribution in [0.15, 0.2) is 0 Å². The molecule has 0 aromatic carbocycles. The predicted octanol–water partition coefficient (Wildman–Crippen LogP) is 1.15. The number of unbranched alkanes of at least 4 members (excludes halogenated alkanes) is 1. The predicted molar refractivity (Wildman–Crippen MR) is 80.7 cm³/mol. The van der Waals surface area contributed by atoms with Crippen molar-refractivity contribution in [3.05, 3.63) is 11.4 Å². The quantitative estimate of drug-likeness (QED) is 0.705. The smallest absolute Gasteiger partial charge is 0.266 e. The van der Waals surface area contributed by atoms with Gasteiger partial charge in [0, 0.05) is 13.7 Å². The van der Waals surface area contributed by atoms with Crippen molar-refractivity contribution in [1.82, 2.24) is 9.78 Å². The fourth-order valence-corrected chi connectivity index (χ4v) is 3.01. The summed E-state index contributed by atoms with van der Waals surface area (Å²) in [7, 11) is -2.04. The number of carbonyl (C=O) groups is 1. The van der Waals surface area contributed by atoms with Crippen LogP contribution in [-0.4, -0.2) is 43.6 Å². The molecule has 0 radical (unpaired) electrons. The molecule has 21 heavy (non-hydrogen) atoms. The minimum absolute atomic E-state index is 0.263. The van der Waals surface area contributed by atoms with E-state index in [2.05, 4.69) is 5.10 Å². The van der Waals surface area contributed by atoms with Gasteiger partial charge in [-0.15, -0.1) is 0 Å². The number of nitrogens with zero attached hydrogens (tertiary/aromatic N) is 3. The van der Waals surface area contributed by atoms with Gasteiger partial charge in [0.1, 0.15) is 12.3 Å². The lowest BCUT2D eigenvalue weighted by Crippen LogP contribution is -2.39. The summed E-state index contributed by atoms with van der Waals surface area (Å²) in [5.74, 6) is -0.604. The number of aryl methyl sites for hydroxylation is 2. The van der Waals surface area contributed by atoms with Gasteiger partial charge in [-0.3, -0.25) is 9.48 Å². The molecule has 0 aliphatic carbocycles. The first-order chi connectivity index (χ1) is 9.70. The zero-order chi connectivity index (χ0) is 16.2. The molecule has 0 bridgehead atoms. The van der Waals surface area contributed by atoms with Crippen molar-refractivity contribution >= 4 is 21.6 Å². The summed E-state index contributed by atoms with van der Waals surface area (Å²) in [5.41, 5.74) is 1.41. The van der Waals surface area contributed by atoms with Crippen molar-refractivity contribution in [3.8, 4) is 0 Å². The molecule has 0 N–H and O–H groups in total. The number of rotatable bonds is 7. The third-order valence-electron chi connectivity index (χ3n) is 3.10. The third-order valence-corrected chi connectivity index (χ3v) is 4.15. The van der Waals surface area contributed by atoms with Gasteiger partial charge in [0.2, 0.25) is 10.0 Å². The van der Waals surface area contributed by atoms with Crippen LogP contribution in [0.4, 0.5) is 5.69 Å². The number of carbonyl (C=O) groups excluding carboxylic acids is 1. The molecule has 0 spiro atoms. The molecule has 0 aliphatic heterocycles. The van der Waals surface area contributed by atoms with Gasteiger partial charge in [0.05, 0.1) is 17.6 Å². The normalized spacial score (nSPS) is 11.7. The van der Waals surface area contributed by atoms with E-state index in [0.717, 1.165) is 23.4 Å². The van der Waals surface area contributed by atoms with Gasteiger partial charge in [0.25, 0.3) is 5.91 Å². The minimum atomic E-state index is -3.74. The van der Waals surface area contributed by atoms with Crippen LogP contribution in [0.25, 0.3) is 0 Å². The Hall–Kier alpha value is -1.41. The number of hydrogen-bond acceptors (Lipinski definition) is 5. The Balaban J connectivity index is 3.05. The highest BCUT2D eigenvalue weighted by Crippen LogP contribution is 2.26. The topological polar surface area (TPSA) is 81.5 Å². The van der Waals surface area contributed by atoms with Gasteiger partial charge in [-0.1, -0.05) is 13.3 Å². The zero-order valence-electron chi connectivity index (χ0n) is 13.2. The Morgan fingerprint density at radius 1 is 1.38 bits per heavy atom. The van der Waals surface area contributed by atoms with Gasteiger partial charge in [0.15, 0.2) is 0 Å². The molecule has 0 fully saturated rings. The summed E-state index contributed by atoms with van der Waals surface area (Å²) in [6.45, 7) is 5.58. The zero-order valence-corrected chi connectivity index (χ0v) is 14.0. The Kier molecular flexibility index (Phi) is 5.91. The molecule has 1 aromatic heterocycles. The Bertz CT molecular complexity index is 607. The van der Waals surface area contributed by atoms with Crippen LogP contribution in [0.2, 0.25) is 0 Å². The average molecular weight is 317 g/mol. The Morgan fingerprint density at radius 2 is 2.00 bits per heavy atom. The Morgan fingerprint density at radius 3 is 2.43 bits per heavy atom. The molecule has 8 heteroatoms. The Labute approximate surface area is 125 Å². The number of anilines is 1. The maximum atomic E-state index is 12.3. The first kappa shape index (κ1) is 17.6. The van der Waals surface area contributed by atoms with Crippen LogP contribution >= 0.6 is 0 Å². The van der Waals surface area contributed by atoms with Crippen molar-refractivity contribution in [1.29, 1.82) is 0 Å². The number of hydrogen-bond donors (Lipinski definition) is 0. The van der Waals surface area contributed by atoms with Crippen LogP contribution < -0.4 is 4.31 Å². The summed E-state index contributed by atoms with van der Waals surface area (Å²) in [4.78, 5) is 12.3. The molecule has 0 unspecified atom stereocenters. The molecule has 1 aromatic rings. The standard InChI is InChI=1S/C13H23N3O4S/c1-6-7-8-20-9-12(17)16(21(5,18)19)13-10(2)14-15(4)11(13)3/h6-9H2,1-5H3. The second-order valence-corrected chi connectivity index (χ2v) is 6.80. The molecule has 0 atom stereocenters. The largest absolute Gasteiger partial charge is 0.372 e. The van der Waals surface area contributed by atoms with Crippen LogP contribution in [0.1, 0.15) is 31.2 Å². The first-order valence-corrected chi connectivity index (χ1v) is 8.66. The molecule has 0 saturated carbocycles. The molecule has 1 amide bonds. The highest BCUT2D eigenvalue weighted by atomic mass is 32.2. The number of amides is 1. The summed E-state index contributed by atoms with van der Waals surface area (Å²) in [6, 6.07) is 0. The van der Waals surface area contributed by atoms with E-state index in [-0.39, 0.29) is 6.61 Å². The molecule has 7 nitrogen and oxygen atoms in total. The maximum absolute atomic E-state index is 12.3. The fraction of sp³-hybridized carbons (Fsp3) is 0.692. The number of aromatic nitrogens is 2. The summed E-state index contributed by atoms with van der Waals surface area (Å²) < 4.78 is 31.6. The first-order valence-electron chi connectivity index (χ1n) is 6.81. The molecular weight excluding hydrogens is 294 g/mol. The van der Waals surface area contributed by atoms with Crippen LogP contribution in [-0.2, 0) is 26.6 Å². The fourth-order valence-electron chi connectivity index (χ4n) is 2.00. The second-order valence-electron chi connectivity index (χ2n) is 4.97. The van der Waals surface area contributed by atoms with E-state index in [1.54, 1.807) is 25.6 Å². The molecule has 0 saturated heterocycles. The van der Waals surface area contributed by atoms with Gasteiger partial charge >= 0.3 is 0 Å². The molecule has 1 rings (SSSR count). The van der Waals surface area contributed by atoms with Gasteiger partial charge in [-0.05, 0) is 20.3 Å². The highest BCUT2D eigenvalue weighted by molar-refractivity contribution is 7.92. The lowest BCUT2D eigenvalue weighted by molar-refractivity contribution is -0.121. The van der Waals surface area contributed by atoms with Crippen molar-refractivity contribution in [2.75, 3.05) is 23.8 Å². The minimum Gasteiger partial charge on any atom is -0.372 e. The van der Waals surface area contributed by atoms with Crippen LogP contribution in [0.5, 0.6) is 0 Å². The van der Waals surface area contributed by atoms with Crippen molar-refractivity contribution in [2.24, 2.45) is 7.05 Å². The monoisotopic (exact) mass is 317 g/mol. The van der Waals surface area contributed by atoms with Crippen molar-refractivity contribution < 1.29 is 17.9 Å². The molecule has 0 aliphatic rings. The average Bonchev–Trinajstić information content (AvgIpc) is 2.60. The van der Waals surface area contributed by atoms with E-state index in [4.69, 9.17) is 4.74 Å². The second kappa shape index (κ2) is 7.04. The highest BCUT2D eigenvalue weighted by Gasteiger charge is 2.30. The van der Waals surface area contributed by atoms with Crippen LogP contribution in [0.3, 0.4) is 0 Å².